The smallest absolute Gasteiger partial charge is 0.158 e. The first-order valence-electron chi connectivity index (χ1n) is 5.47. The Bertz CT molecular complexity index is 332. The van der Waals surface area contributed by atoms with E-state index >= 15 is 0 Å². The molecule has 0 fully saturated rings. The molecular weight excluding hydrogens is 223 g/mol. The first-order valence-corrected chi connectivity index (χ1v) is 5.47. The van der Waals surface area contributed by atoms with Crippen LogP contribution >= 0.6 is 0 Å². The summed E-state index contributed by atoms with van der Waals surface area (Å²) in [4.78, 5) is 0. The van der Waals surface area contributed by atoms with Crippen LogP contribution in [0.2, 0.25) is 0 Å². The van der Waals surface area contributed by atoms with E-state index in [4.69, 9.17) is 15.2 Å². The van der Waals surface area contributed by atoms with Crippen LogP contribution in [0, 0.1) is 5.82 Å². The average molecular weight is 242 g/mol. The molecule has 1 aromatic rings. The second-order valence-electron chi connectivity index (χ2n) is 3.72. The predicted octanol–water partition coefficient (Wildman–Crippen LogP) is 1.57. The standard InChI is InChI=1S/C12H19FN2O2/c1-16-12(17-2)7-11(8-14)15-10-5-3-4-9(13)6-10/h3-6,11-12,15H,7-8,14H2,1-2H3. The Morgan fingerprint density at radius 2 is 2.06 bits per heavy atom. The van der Waals surface area contributed by atoms with Crippen molar-refractivity contribution in [1.82, 2.24) is 0 Å². The number of halogens is 1. The average Bonchev–Trinajstić information content (AvgIpc) is 2.34. The Kier molecular flexibility index (Phi) is 5.90. The minimum atomic E-state index is -0.315. The maximum atomic E-state index is 13.0. The summed E-state index contributed by atoms with van der Waals surface area (Å²) in [5.74, 6) is -0.277. The van der Waals surface area contributed by atoms with E-state index in [0.29, 0.717) is 18.7 Å². The normalized spacial score (nSPS) is 12.8. The maximum Gasteiger partial charge on any atom is 0.158 e. The van der Waals surface area contributed by atoms with Gasteiger partial charge in [-0.05, 0) is 18.2 Å². The summed E-state index contributed by atoms with van der Waals surface area (Å²) >= 11 is 0. The molecule has 3 N–H and O–H groups in total. The fraction of sp³-hybridized carbons (Fsp3) is 0.500. The van der Waals surface area contributed by atoms with Crippen LogP contribution in [0.15, 0.2) is 24.3 Å². The van der Waals surface area contributed by atoms with Crippen LogP contribution in [0.25, 0.3) is 0 Å². The highest BCUT2D eigenvalue weighted by Crippen LogP contribution is 2.13. The second kappa shape index (κ2) is 7.21. The lowest BCUT2D eigenvalue weighted by Gasteiger charge is -2.22. The van der Waals surface area contributed by atoms with Gasteiger partial charge in [-0.1, -0.05) is 6.07 Å². The van der Waals surface area contributed by atoms with Crippen molar-refractivity contribution >= 4 is 5.69 Å². The van der Waals surface area contributed by atoms with E-state index in [2.05, 4.69) is 5.32 Å². The molecule has 0 aromatic heterocycles. The lowest BCUT2D eigenvalue weighted by Crippen LogP contribution is -2.34. The van der Waals surface area contributed by atoms with Crippen molar-refractivity contribution in [2.24, 2.45) is 5.73 Å². The number of methoxy groups -OCH3 is 2. The summed E-state index contributed by atoms with van der Waals surface area (Å²) in [6, 6.07) is 6.24. The van der Waals surface area contributed by atoms with Crippen molar-refractivity contribution in [3.8, 4) is 0 Å². The summed E-state index contributed by atoms with van der Waals surface area (Å²) in [6.07, 6.45) is 0.282. The largest absolute Gasteiger partial charge is 0.381 e. The fourth-order valence-electron chi connectivity index (χ4n) is 1.55. The molecule has 0 bridgehead atoms. The van der Waals surface area contributed by atoms with Gasteiger partial charge in [0, 0.05) is 38.9 Å². The van der Waals surface area contributed by atoms with Crippen molar-refractivity contribution in [3.05, 3.63) is 30.1 Å². The van der Waals surface area contributed by atoms with Crippen LogP contribution in [-0.2, 0) is 9.47 Å². The van der Waals surface area contributed by atoms with Gasteiger partial charge in [0.2, 0.25) is 0 Å². The van der Waals surface area contributed by atoms with Crippen molar-refractivity contribution < 1.29 is 13.9 Å². The minimum Gasteiger partial charge on any atom is -0.381 e. The maximum absolute atomic E-state index is 13.0. The van der Waals surface area contributed by atoms with Gasteiger partial charge in [-0.3, -0.25) is 0 Å². The number of ether oxygens (including phenoxy) is 2. The van der Waals surface area contributed by atoms with Crippen LogP contribution in [0.1, 0.15) is 6.42 Å². The Labute approximate surface area is 101 Å². The van der Waals surface area contributed by atoms with E-state index < -0.39 is 0 Å². The number of hydrogen-bond acceptors (Lipinski definition) is 4. The molecule has 0 spiro atoms. The number of rotatable bonds is 7. The van der Waals surface area contributed by atoms with E-state index in [1.54, 1.807) is 26.4 Å². The number of nitrogens with two attached hydrogens (primary N) is 1. The van der Waals surface area contributed by atoms with Crippen LogP contribution < -0.4 is 11.1 Å². The molecule has 1 rings (SSSR count). The van der Waals surface area contributed by atoms with Gasteiger partial charge >= 0.3 is 0 Å². The van der Waals surface area contributed by atoms with E-state index in [9.17, 15) is 4.39 Å². The third-order valence-corrected chi connectivity index (χ3v) is 2.48. The zero-order valence-corrected chi connectivity index (χ0v) is 10.2. The lowest BCUT2D eigenvalue weighted by atomic mass is 10.2. The molecule has 1 aromatic carbocycles. The molecule has 0 aliphatic heterocycles. The van der Waals surface area contributed by atoms with Gasteiger partial charge in [0.15, 0.2) is 6.29 Å². The molecule has 0 saturated heterocycles. The number of nitrogens with one attached hydrogen (secondary N) is 1. The Hall–Kier alpha value is -1.17. The number of hydrogen-bond donors (Lipinski definition) is 2. The molecule has 0 aliphatic rings. The summed E-state index contributed by atoms with van der Waals surface area (Å²) in [5, 5.41) is 3.14. The van der Waals surface area contributed by atoms with Crippen LogP contribution in [-0.4, -0.2) is 33.1 Å². The first-order chi connectivity index (χ1) is 8.19. The third kappa shape index (κ3) is 4.68. The Morgan fingerprint density at radius 3 is 2.59 bits per heavy atom. The minimum absolute atomic E-state index is 0.0262. The van der Waals surface area contributed by atoms with Crippen molar-refractivity contribution in [2.45, 2.75) is 18.8 Å². The van der Waals surface area contributed by atoms with Crippen molar-refractivity contribution in [3.63, 3.8) is 0 Å². The molecule has 4 nitrogen and oxygen atoms in total. The molecule has 0 saturated carbocycles. The molecule has 0 heterocycles. The van der Waals surface area contributed by atoms with Gasteiger partial charge in [0.25, 0.3) is 0 Å². The monoisotopic (exact) mass is 242 g/mol. The van der Waals surface area contributed by atoms with Gasteiger partial charge in [0.1, 0.15) is 5.82 Å². The van der Waals surface area contributed by atoms with E-state index in [1.807, 2.05) is 0 Å². The summed E-state index contributed by atoms with van der Waals surface area (Å²) in [6.45, 7) is 0.416. The highest BCUT2D eigenvalue weighted by Gasteiger charge is 2.14. The van der Waals surface area contributed by atoms with Crippen LogP contribution in [0.5, 0.6) is 0 Å². The Balaban J connectivity index is 2.57. The molecule has 1 unspecified atom stereocenters. The SMILES string of the molecule is COC(CC(CN)Nc1cccc(F)c1)OC. The molecule has 5 heteroatoms. The fourth-order valence-corrected chi connectivity index (χ4v) is 1.55. The highest BCUT2D eigenvalue weighted by molar-refractivity contribution is 5.44. The zero-order valence-electron chi connectivity index (χ0n) is 10.2. The van der Waals surface area contributed by atoms with E-state index in [0.717, 1.165) is 0 Å². The van der Waals surface area contributed by atoms with Gasteiger partial charge < -0.3 is 20.5 Å². The van der Waals surface area contributed by atoms with Gasteiger partial charge in [-0.15, -0.1) is 0 Å². The topological polar surface area (TPSA) is 56.5 Å². The van der Waals surface area contributed by atoms with Crippen molar-refractivity contribution in [2.75, 3.05) is 26.1 Å². The third-order valence-electron chi connectivity index (χ3n) is 2.48. The summed E-state index contributed by atoms with van der Waals surface area (Å²) in [5.41, 5.74) is 6.35. The number of anilines is 1. The highest BCUT2D eigenvalue weighted by atomic mass is 19.1. The molecule has 1 atom stereocenters. The molecule has 0 radical (unpaired) electrons. The molecule has 96 valence electrons. The quantitative estimate of drug-likeness (QED) is 0.713. The lowest BCUT2D eigenvalue weighted by molar-refractivity contribution is -0.107. The molecular formula is C12H19FN2O2. The van der Waals surface area contributed by atoms with Crippen molar-refractivity contribution in [1.29, 1.82) is 0 Å². The Morgan fingerprint density at radius 1 is 1.35 bits per heavy atom. The van der Waals surface area contributed by atoms with Gasteiger partial charge in [-0.2, -0.15) is 0 Å². The number of benzene rings is 1. The van der Waals surface area contributed by atoms with Gasteiger partial charge in [-0.25, -0.2) is 4.39 Å². The molecule has 0 amide bonds. The molecule has 0 aliphatic carbocycles. The molecule has 17 heavy (non-hydrogen) atoms. The second-order valence-corrected chi connectivity index (χ2v) is 3.72. The summed E-state index contributed by atoms with van der Waals surface area (Å²) < 4.78 is 23.2. The van der Waals surface area contributed by atoms with E-state index in [1.165, 1.54) is 12.1 Å². The van der Waals surface area contributed by atoms with E-state index in [-0.39, 0.29) is 18.1 Å². The van der Waals surface area contributed by atoms with Gasteiger partial charge in [0.05, 0.1) is 0 Å². The predicted molar refractivity (Wildman–Crippen MR) is 65.3 cm³/mol. The first kappa shape index (κ1) is 13.9. The summed E-state index contributed by atoms with van der Waals surface area (Å²) in [7, 11) is 3.15. The van der Waals surface area contributed by atoms with Crippen LogP contribution in [0.3, 0.4) is 0 Å². The van der Waals surface area contributed by atoms with Crippen LogP contribution in [0.4, 0.5) is 10.1 Å². The zero-order chi connectivity index (χ0) is 12.7.